The van der Waals surface area contributed by atoms with E-state index in [0.717, 1.165) is 8.95 Å². The van der Waals surface area contributed by atoms with Crippen LogP contribution in [0.5, 0.6) is 11.5 Å². The number of benzene rings is 2. The van der Waals surface area contributed by atoms with Crippen molar-refractivity contribution in [1.29, 1.82) is 0 Å². The molecule has 0 spiro atoms. The molecule has 5 nitrogen and oxygen atoms in total. The third-order valence-electron chi connectivity index (χ3n) is 2.89. The predicted octanol–water partition coefficient (Wildman–Crippen LogP) is 4.05. The highest BCUT2D eigenvalue weighted by molar-refractivity contribution is 9.11. The molecule has 2 aromatic carbocycles. The predicted molar refractivity (Wildman–Crippen MR) is 94.3 cm³/mol. The maximum Gasteiger partial charge on any atom is 0.262 e. The zero-order chi connectivity index (χ0) is 16.8. The van der Waals surface area contributed by atoms with Crippen molar-refractivity contribution in [3.63, 3.8) is 0 Å². The van der Waals surface area contributed by atoms with Crippen molar-refractivity contribution in [3.05, 3.63) is 50.9 Å². The summed E-state index contributed by atoms with van der Waals surface area (Å²) >= 11 is 6.72. The van der Waals surface area contributed by atoms with E-state index in [1.54, 1.807) is 24.3 Å². The Morgan fingerprint density at radius 1 is 1.17 bits per heavy atom. The van der Waals surface area contributed by atoms with Gasteiger partial charge in [0.15, 0.2) is 18.1 Å². The van der Waals surface area contributed by atoms with Gasteiger partial charge in [-0.3, -0.25) is 9.59 Å². The summed E-state index contributed by atoms with van der Waals surface area (Å²) in [6.07, 6.45) is 0.712. The number of rotatable bonds is 6. The number of hydrogen-bond donors (Lipinski definition) is 1. The number of nitrogens with one attached hydrogen (secondary N) is 1. The third kappa shape index (κ3) is 4.80. The van der Waals surface area contributed by atoms with Crippen LogP contribution < -0.4 is 14.8 Å². The molecule has 23 heavy (non-hydrogen) atoms. The van der Waals surface area contributed by atoms with Gasteiger partial charge in [0.2, 0.25) is 0 Å². The number of halogens is 2. The van der Waals surface area contributed by atoms with Crippen LogP contribution in [0.15, 0.2) is 45.3 Å². The number of anilines is 1. The normalized spacial score (nSPS) is 10.0. The quantitative estimate of drug-likeness (QED) is 0.685. The molecular formula is C16H13Br2NO4. The summed E-state index contributed by atoms with van der Waals surface area (Å²) < 4.78 is 12.2. The Labute approximate surface area is 150 Å². The van der Waals surface area contributed by atoms with Crippen LogP contribution >= 0.6 is 31.9 Å². The molecule has 1 amide bonds. The van der Waals surface area contributed by atoms with E-state index in [9.17, 15) is 9.59 Å². The molecule has 2 aromatic rings. The summed E-state index contributed by atoms with van der Waals surface area (Å²) in [5.74, 6) is 0.477. The van der Waals surface area contributed by atoms with Crippen molar-refractivity contribution in [2.45, 2.75) is 0 Å². The first-order valence-corrected chi connectivity index (χ1v) is 8.13. The Hall–Kier alpha value is -1.86. The summed E-state index contributed by atoms with van der Waals surface area (Å²) in [6.45, 7) is -0.181. The average molecular weight is 443 g/mol. The summed E-state index contributed by atoms with van der Waals surface area (Å²) in [6, 6.07) is 10.1. The number of hydrogen-bond acceptors (Lipinski definition) is 4. The molecule has 0 aromatic heterocycles. The lowest BCUT2D eigenvalue weighted by Crippen LogP contribution is -2.20. The number of carbonyl (C=O) groups is 2. The molecule has 120 valence electrons. The van der Waals surface area contributed by atoms with Crippen molar-refractivity contribution in [2.75, 3.05) is 19.0 Å². The molecule has 0 saturated carbocycles. The minimum Gasteiger partial charge on any atom is -0.493 e. The highest BCUT2D eigenvalue weighted by Gasteiger charge is 2.10. The molecular weight excluding hydrogens is 430 g/mol. The molecule has 1 N–H and O–H groups in total. The van der Waals surface area contributed by atoms with Crippen molar-refractivity contribution in [3.8, 4) is 11.5 Å². The van der Waals surface area contributed by atoms with Gasteiger partial charge in [-0.15, -0.1) is 0 Å². The maximum atomic E-state index is 12.0. The average Bonchev–Trinajstić information content (AvgIpc) is 2.55. The van der Waals surface area contributed by atoms with Crippen LogP contribution in [0.25, 0.3) is 0 Å². The molecule has 0 heterocycles. The monoisotopic (exact) mass is 441 g/mol. The van der Waals surface area contributed by atoms with Gasteiger partial charge in [0.1, 0.15) is 6.29 Å². The van der Waals surface area contributed by atoms with Crippen LogP contribution in [0.4, 0.5) is 5.69 Å². The molecule has 7 heteroatoms. The Morgan fingerprint density at radius 3 is 2.61 bits per heavy atom. The molecule has 0 aliphatic heterocycles. The molecule has 0 radical (unpaired) electrons. The van der Waals surface area contributed by atoms with Gasteiger partial charge in [-0.2, -0.15) is 0 Å². The molecule has 2 rings (SSSR count). The Balaban J connectivity index is 2.00. The molecule has 0 unspecified atom stereocenters. The molecule has 0 aliphatic carbocycles. The van der Waals surface area contributed by atoms with Gasteiger partial charge in [0.05, 0.1) is 12.8 Å². The highest BCUT2D eigenvalue weighted by atomic mass is 79.9. The number of ether oxygens (including phenoxy) is 2. The molecule has 0 aliphatic rings. The van der Waals surface area contributed by atoms with E-state index < -0.39 is 0 Å². The zero-order valence-electron chi connectivity index (χ0n) is 12.1. The van der Waals surface area contributed by atoms with Crippen LogP contribution in [-0.4, -0.2) is 25.9 Å². The van der Waals surface area contributed by atoms with E-state index in [1.807, 2.05) is 12.1 Å². The van der Waals surface area contributed by atoms with Crippen LogP contribution in [0.3, 0.4) is 0 Å². The minimum atomic E-state index is -0.311. The number of amides is 1. The summed E-state index contributed by atoms with van der Waals surface area (Å²) in [5.41, 5.74) is 1.11. The van der Waals surface area contributed by atoms with Crippen LogP contribution in [0.2, 0.25) is 0 Å². The van der Waals surface area contributed by atoms with Gasteiger partial charge in [0.25, 0.3) is 5.91 Å². The Bertz CT molecular complexity index is 734. The van der Waals surface area contributed by atoms with Gasteiger partial charge in [-0.05, 0) is 52.3 Å². The van der Waals surface area contributed by atoms with Crippen molar-refractivity contribution in [2.24, 2.45) is 0 Å². The molecule has 0 bridgehead atoms. The standard InChI is InChI=1S/C16H13Br2NO4/c1-22-15-6-10(8-20)2-5-14(15)23-9-16(21)19-13-4-3-11(17)7-12(13)18/h2-8H,9H2,1H3,(H,19,21). The van der Waals surface area contributed by atoms with E-state index in [2.05, 4.69) is 37.2 Å². The fraction of sp³-hybridized carbons (Fsp3) is 0.125. The minimum absolute atomic E-state index is 0.181. The first-order valence-electron chi connectivity index (χ1n) is 6.54. The highest BCUT2D eigenvalue weighted by Crippen LogP contribution is 2.28. The van der Waals surface area contributed by atoms with E-state index in [1.165, 1.54) is 7.11 Å². The largest absolute Gasteiger partial charge is 0.493 e. The van der Waals surface area contributed by atoms with Gasteiger partial charge in [-0.1, -0.05) is 15.9 Å². The van der Waals surface area contributed by atoms with E-state index >= 15 is 0 Å². The second-order valence-corrected chi connectivity index (χ2v) is 6.26. The van der Waals surface area contributed by atoms with E-state index in [4.69, 9.17) is 9.47 Å². The second-order valence-electron chi connectivity index (χ2n) is 4.49. The fourth-order valence-electron chi connectivity index (χ4n) is 1.80. The summed E-state index contributed by atoms with van der Waals surface area (Å²) in [7, 11) is 1.47. The third-order valence-corrected chi connectivity index (χ3v) is 4.04. The van der Waals surface area contributed by atoms with Crippen molar-refractivity contribution < 1.29 is 19.1 Å². The molecule has 0 atom stereocenters. The Morgan fingerprint density at radius 2 is 1.96 bits per heavy atom. The molecule has 0 fully saturated rings. The first-order chi connectivity index (χ1) is 11.0. The number of carbonyl (C=O) groups excluding carboxylic acids is 2. The zero-order valence-corrected chi connectivity index (χ0v) is 15.3. The smallest absolute Gasteiger partial charge is 0.262 e. The van der Waals surface area contributed by atoms with Gasteiger partial charge < -0.3 is 14.8 Å². The summed E-state index contributed by atoms with van der Waals surface area (Å²) in [5, 5.41) is 2.74. The van der Waals surface area contributed by atoms with Gasteiger partial charge >= 0.3 is 0 Å². The van der Waals surface area contributed by atoms with Crippen LogP contribution in [0.1, 0.15) is 10.4 Å². The topological polar surface area (TPSA) is 64.6 Å². The van der Waals surface area contributed by atoms with Gasteiger partial charge in [0, 0.05) is 14.5 Å². The number of methoxy groups -OCH3 is 1. The Kier molecular flexibility index (Phi) is 6.18. The van der Waals surface area contributed by atoms with E-state index in [-0.39, 0.29) is 12.5 Å². The first kappa shape index (κ1) is 17.5. The second kappa shape index (κ2) is 8.12. The van der Waals surface area contributed by atoms with Crippen molar-refractivity contribution in [1.82, 2.24) is 0 Å². The van der Waals surface area contributed by atoms with Crippen molar-refractivity contribution >= 4 is 49.7 Å². The molecule has 0 saturated heterocycles. The lowest BCUT2D eigenvalue weighted by atomic mass is 10.2. The van der Waals surface area contributed by atoms with Gasteiger partial charge in [-0.25, -0.2) is 0 Å². The van der Waals surface area contributed by atoms with Crippen LogP contribution in [0, 0.1) is 0 Å². The SMILES string of the molecule is COc1cc(C=O)ccc1OCC(=O)Nc1ccc(Br)cc1Br. The summed E-state index contributed by atoms with van der Waals surface area (Å²) in [4.78, 5) is 22.7. The maximum absolute atomic E-state index is 12.0. The number of aldehydes is 1. The fourth-order valence-corrected chi connectivity index (χ4v) is 2.94. The lowest BCUT2D eigenvalue weighted by molar-refractivity contribution is -0.118. The lowest BCUT2D eigenvalue weighted by Gasteiger charge is -2.12. The van der Waals surface area contributed by atoms with Crippen LogP contribution in [-0.2, 0) is 4.79 Å². The van der Waals surface area contributed by atoms with E-state index in [0.29, 0.717) is 29.0 Å².